The van der Waals surface area contributed by atoms with Crippen LogP contribution in [-0.2, 0) is 19.1 Å². The number of ether oxygens (including phenoxy) is 2. The van der Waals surface area contributed by atoms with Gasteiger partial charge in [-0.3, -0.25) is 4.79 Å². The van der Waals surface area contributed by atoms with E-state index >= 15 is 0 Å². The average Bonchev–Trinajstić information content (AvgIpc) is 3.31. The van der Waals surface area contributed by atoms with Crippen LogP contribution >= 0.6 is 11.8 Å². The maximum Gasteiger partial charge on any atom is 0.338 e. The fourth-order valence-electron chi connectivity index (χ4n) is 2.56. The van der Waals surface area contributed by atoms with Crippen molar-refractivity contribution in [2.75, 3.05) is 26.0 Å². The van der Waals surface area contributed by atoms with Crippen molar-refractivity contribution in [2.24, 2.45) is 0 Å². The molecule has 29 heavy (non-hydrogen) atoms. The zero-order valence-electron chi connectivity index (χ0n) is 15.9. The van der Waals surface area contributed by atoms with Crippen LogP contribution in [0.25, 0.3) is 11.5 Å². The summed E-state index contributed by atoms with van der Waals surface area (Å²) in [5.74, 6) is 0.107. The number of rotatable bonds is 7. The van der Waals surface area contributed by atoms with E-state index in [9.17, 15) is 14.4 Å². The summed E-state index contributed by atoms with van der Waals surface area (Å²) in [6.45, 7) is 2.21. The van der Waals surface area contributed by atoms with Crippen LogP contribution in [0.1, 0.15) is 22.6 Å². The lowest BCUT2D eigenvalue weighted by Gasteiger charge is -2.16. The van der Waals surface area contributed by atoms with E-state index < -0.39 is 11.9 Å². The summed E-state index contributed by atoms with van der Waals surface area (Å²) in [6.07, 6.45) is 1.73. The fraction of sp³-hybridized carbons (Fsp3) is 0.316. The molecular weight excluding hydrogens is 398 g/mol. The predicted octanol–water partition coefficient (Wildman–Crippen LogP) is 2.18. The first-order valence-electron chi connectivity index (χ1n) is 8.78. The standard InChI is InChI=1S/C19H19N3O6S/c1-12-20-18(28-21-12)13-4-6-14(7-5-13)19(25)27-9-3-8-22-15(23)11-29-16(22)10-17(24)26-2/h4-7,10H,3,8-9,11H2,1-2H3/b16-10+. The van der Waals surface area contributed by atoms with Crippen molar-refractivity contribution in [3.63, 3.8) is 0 Å². The second-order valence-electron chi connectivity index (χ2n) is 6.05. The van der Waals surface area contributed by atoms with Gasteiger partial charge in [-0.25, -0.2) is 9.59 Å². The molecule has 0 saturated carbocycles. The molecule has 1 aliphatic heterocycles. The summed E-state index contributed by atoms with van der Waals surface area (Å²) in [5, 5.41) is 4.27. The Morgan fingerprint density at radius 2 is 2.07 bits per heavy atom. The molecule has 152 valence electrons. The van der Waals surface area contributed by atoms with E-state index in [0.29, 0.717) is 40.8 Å². The van der Waals surface area contributed by atoms with Gasteiger partial charge in [-0.05, 0) is 37.6 Å². The third-order valence-electron chi connectivity index (χ3n) is 4.01. The Morgan fingerprint density at radius 3 is 2.72 bits per heavy atom. The van der Waals surface area contributed by atoms with Crippen LogP contribution in [0.4, 0.5) is 0 Å². The highest BCUT2D eigenvalue weighted by Crippen LogP contribution is 2.28. The largest absolute Gasteiger partial charge is 0.466 e. The number of hydrogen-bond donors (Lipinski definition) is 0. The Labute approximate surface area is 171 Å². The Balaban J connectivity index is 1.49. The molecule has 1 saturated heterocycles. The molecule has 0 aliphatic carbocycles. The SMILES string of the molecule is COC(=O)/C=C1/SCC(=O)N1CCCOC(=O)c1ccc(-c2nc(C)no2)cc1. The minimum Gasteiger partial charge on any atom is -0.466 e. The van der Waals surface area contributed by atoms with E-state index in [4.69, 9.17) is 9.26 Å². The van der Waals surface area contributed by atoms with Gasteiger partial charge in [0.1, 0.15) is 0 Å². The van der Waals surface area contributed by atoms with Crippen molar-refractivity contribution in [1.82, 2.24) is 15.0 Å². The van der Waals surface area contributed by atoms with Gasteiger partial charge < -0.3 is 18.9 Å². The number of benzene rings is 1. The summed E-state index contributed by atoms with van der Waals surface area (Å²) in [5.41, 5.74) is 1.10. The lowest BCUT2D eigenvalue weighted by atomic mass is 10.1. The van der Waals surface area contributed by atoms with Crippen LogP contribution in [0.3, 0.4) is 0 Å². The van der Waals surface area contributed by atoms with Crippen molar-refractivity contribution < 1.29 is 28.4 Å². The molecule has 2 aromatic rings. The number of carbonyl (C=O) groups excluding carboxylic acids is 3. The van der Waals surface area contributed by atoms with Gasteiger partial charge in [0, 0.05) is 12.1 Å². The van der Waals surface area contributed by atoms with Crippen molar-refractivity contribution in [1.29, 1.82) is 0 Å². The zero-order chi connectivity index (χ0) is 20.8. The summed E-state index contributed by atoms with van der Waals surface area (Å²) < 4.78 is 14.9. The van der Waals surface area contributed by atoms with E-state index in [0.717, 1.165) is 0 Å². The molecule has 2 heterocycles. The highest BCUT2D eigenvalue weighted by atomic mass is 32.2. The molecule has 0 atom stereocenters. The van der Waals surface area contributed by atoms with Gasteiger partial charge >= 0.3 is 11.9 Å². The van der Waals surface area contributed by atoms with Gasteiger partial charge in [0.05, 0.1) is 36.1 Å². The van der Waals surface area contributed by atoms with E-state index in [1.165, 1.54) is 29.8 Å². The summed E-state index contributed by atoms with van der Waals surface area (Å²) >= 11 is 1.28. The monoisotopic (exact) mass is 417 g/mol. The van der Waals surface area contributed by atoms with Crippen LogP contribution in [0.15, 0.2) is 39.9 Å². The third kappa shape index (κ3) is 5.23. The number of thioether (sulfide) groups is 1. The van der Waals surface area contributed by atoms with E-state index in [1.807, 2.05) is 0 Å². The Morgan fingerprint density at radius 1 is 1.31 bits per heavy atom. The van der Waals surface area contributed by atoms with Crippen LogP contribution < -0.4 is 0 Å². The molecule has 0 N–H and O–H groups in total. The molecule has 10 heteroatoms. The molecule has 1 amide bonds. The number of esters is 2. The number of hydrogen-bond acceptors (Lipinski definition) is 9. The normalized spacial score (nSPS) is 15.0. The van der Waals surface area contributed by atoms with Crippen molar-refractivity contribution in [3.8, 4) is 11.5 Å². The molecule has 0 bridgehead atoms. The lowest BCUT2D eigenvalue weighted by Crippen LogP contribution is -2.27. The van der Waals surface area contributed by atoms with Crippen molar-refractivity contribution in [2.45, 2.75) is 13.3 Å². The summed E-state index contributed by atoms with van der Waals surface area (Å²) in [7, 11) is 1.28. The van der Waals surface area contributed by atoms with Crippen LogP contribution in [0.5, 0.6) is 0 Å². The summed E-state index contributed by atoms with van der Waals surface area (Å²) in [4.78, 5) is 41.1. The molecule has 0 unspecified atom stereocenters. The smallest absolute Gasteiger partial charge is 0.338 e. The highest BCUT2D eigenvalue weighted by molar-refractivity contribution is 8.04. The van der Waals surface area contributed by atoms with Gasteiger partial charge in [0.15, 0.2) is 5.82 Å². The van der Waals surface area contributed by atoms with Crippen LogP contribution in [-0.4, -0.2) is 58.9 Å². The average molecular weight is 417 g/mol. The zero-order valence-corrected chi connectivity index (χ0v) is 16.7. The molecule has 1 aromatic heterocycles. The molecular formula is C19H19N3O6S. The van der Waals surface area contributed by atoms with Crippen molar-refractivity contribution >= 4 is 29.6 Å². The van der Waals surface area contributed by atoms with Crippen molar-refractivity contribution in [3.05, 3.63) is 46.8 Å². The summed E-state index contributed by atoms with van der Waals surface area (Å²) in [6, 6.07) is 6.64. The number of aryl methyl sites for hydroxylation is 1. The minimum atomic E-state index is -0.516. The Kier molecular flexibility index (Phi) is 6.65. The number of methoxy groups -OCH3 is 1. The van der Waals surface area contributed by atoms with Gasteiger partial charge in [-0.15, -0.1) is 0 Å². The predicted molar refractivity (Wildman–Crippen MR) is 104 cm³/mol. The number of amides is 1. The molecule has 0 radical (unpaired) electrons. The molecule has 1 fully saturated rings. The van der Waals surface area contributed by atoms with Gasteiger partial charge in [0.2, 0.25) is 5.91 Å². The highest BCUT2D eigenvalue weighted by Gasteiger charge is 2.27. The van der Waals surface area contributed by atoms with E-state index in [-0.39, 0.29) is 18.3 Å². The number of aromatic nitrogens is 2. The molecule has 9 nitrogen and oxygen atoms in total. The third-order valence-corrected chi connectivity index (χ3v) is 5.03. The Bertz CT molecular complexity index is 938. The first-order valence-corrected chi connectivity index (χ1v) is 9.77. The quantitative estimate of drug-likeness (QED) is 0.380. The molecule has 0 spiro atoms. The number of carbonyl (C=O) groups is 3. The number of nitrogens with zero attached hydrogens (tertiary/aromatic N) is 3. The maximum absolute atomic E-state index is 12.2. The molecule has 3 rings (SSSR count). The Hall–Kier alpha value is -3.14. The minimum absolute atomic E-state index is 0.0941. The molecule has 1 aliphatic rings. The first kappa shape index (κ1) is 20.6. The topological polar surface area (TPSA) is 112 Å². The lowest BCUT2D eigenvalue weighted by molar-refractivity contribution is -0.134. The second kappa shape index (κ2) is 9.37. The van der Waals surface area contributed by atoms with Crippen LogP contribution in [0, 0.1) is 6.92 Å². The molecule has 1 aromatic carbocycles. The van der Waals surface area contributed by atoms with E-state index in [1.54, 1.807) is 31.2 Å². The first-order chi connectivity index (χ1) is 14.0. The van der Waals surface area contributed by atoms with Gasteiger partial charge in [-0.1, -0.05) is 16.9 Å². The van der Waals surface area contributed by atoms with Crippen LogP contribution in [0.2, 0.25) is 0 Å². The maximum atomic E-state index is 12.2. The second-order valence-corrected chi connectivity index (χ2v) is 7.05. The fourth-order valence-corrected chi connectivity index (χ4v) is 3.52. The van der Waals surface area contributed by atoms with Gasteiger partial charge in [-0.2, -0.15) is 4.98 Å². The van der Waals surface area contributed by atoms with E-state index in [2.05, 4.69) is 14.9 Å². The van der Waals surface area contributed by atoms with Gasteiger partial charge in [0.25, 0.3) is 5.89 Å².